The van der Waals surface area contributed by atoms with Crippen LogP contribution >= 0.6 is 0 Å². The number of hydrogen-bond acceptors (Lipinski definition) is 1. The molecule has 2 rings (SSSR count). The minimum Gasteiger partial charge on any atom is -0.256 e. The van der Waals surface area contributed by atoms with Crippen molar-refractivity contribution in [2.75, 3.05) is 0 Å². The van der Waals surface area contributed by atoms with Crippen molar-refractivity contribution in [2.45, 2.75) is 6.92 Å². The molecule has 0 unspecified atom stereocenters. The van der Waals surface area contributed by atoms with Gasteiger partial charge in [0.1, 0.15) is 5.82 Å². The fraction of sp³-hybridized carbons (Fsp3) is 0.0714. The highest BCUT2D eigenvalue weighted by molar-refractivity contribution is 5.63. The summed E-state index contributed by atoms with van der Waals surface area (Å²) in [5.41, 5.74) is 2.68. The Balaban J connectivity index is 2.34. The van der Waals surface area contributed by atoms with E-state index in [4.69, 9.17) is 0 Å². The first-order valence-electron chi connectivity index (χ1n) is 5.14. The molecule has 0 aliphatic rings. The number of nitrogens with zero attached hydrogens (tertiary/aromatic N) is 1. The molecule has 0 radical (unpaired) electrons. The Kier molecular flexibility index (Phi) is 3.10. The molecule has 2 heteroatoms. The van der Waals surface area contributed by atoms with Crippen LogP contribution < -0.4 is 0 Å². The largest absolute Gasteiger partial charge is 0.256 e. The number of allylic oxidation sites excluding steroid dienone is 1. The van der Waals surface area contributed by atoms with E-state index in [1.165, 1.54) is 12.1 Å². The molecule has 1 aromatic carbocycles. The molecule has 2 aromatic rings. The Morgan fingerprint density at radius 1 is 1.12 bits per heavy atom. The van der Waals surface area contributed by atoms with Crippen LogP contribution in [-0.2, 0) is 0 Å². The van der Waals surface area contributed by atoms with Gasteiger partial charge in [-0.2, -0.15) is 0 Å². The minimum absolute atomic E-state index is 0.227. The zero-order valence-corrected chi connectivity index (χ0v) is 9.02. The van der Waals surface area contributed by atoms with E-state index in [0.29, 0.717) is 0 Å². The summed E-state index contributed by atoms with van der Waals surface area (Å²) in [4.78, 5) is 4.27. The Morgan fingerprint density at radius 3 is 2.62 bits per heavy atom. The lowest BCUT2D eigenvalue weighted by Crippen LogP contribution is -1.84. The third-order valence-electron chi connectivity index (χ3n) is 2.28. The molecule has 0 saturated carbocycles. The number of benzene rings is 1. The molecule has 0 aliphatic heterocycles. The topological polar surface area (TPSA) is 12.9 Å². The van der Waals surface area contributed by atoms with E-state index in [1.54, 1.807) is 12.3 Å². The maximum atomic E-state index is 13.0. The molecule has 0 fully saturated rings. The summed E-state index contributed by atoms with van der Waals surface area (Å²) in [6.45, 7) is 1.95. The fourth-order valence-electron chi connectivity index (χ4n) is 1.51. The molecule has 16 heavy (non-hydrogen) atoms. The van der Waals surface area contributed by atoms with Crippen molar-refractivity contribution >= 4 is 6.08 Å². The van der Waals surface area contributed by atoms with Crippen molar-refractivity contribution in [3.05, 3.63) is 60.2 Å². The molecule has 1 nitrogen and oxygen atoms in total. The van der Waals surface area contributed by atoms with Gasteiger partial charge in [0, 0.05) is 11.8 Å². The van der Waals surface area contributed by atoms with Crippen molar-refractivity contribution < 1.29 is 4.39 Å². The number of pyridine rings is 1. The predicted octanol–water partition coefficient (Wildman–Crippen LogP) is 3.92. The Labute approximate surface area is 94.3 Å². The van der Waals surface area contributed by atoms with Crippen LogP contribution in [0.15, 0.2) is 48.7 Å². The van der Waals surface area contributed by atoms with Gasteiger partial charge in [-0.25, -0.2) is 4.39 Å². The molecule has 0 N–H and O–H groups in total. The van der Waals surface area contributed by atoms with Crippen LogP contribution in [0.3, 0.4) is 0 Å². The highest BCUT2D eigenvalue weighted by atomic mass is 19.1. The van der Waals surface area contributed by atoms with E-state index in [-0.39, 0.29) is 5.82 Å². The molecule has 0 saturated heterocycles. The summed E-state index contributed by atoms with van der Waals surface area (Å²) >= 11 is 0. The first kappa shape index (κ1) is 10.6. The second kappa shape index (κ2) is 4.71. The summed E-state index contributed by atoms with van der Waals surface area (Å²) in [5.74, 6) is -0.227. The first-order valence-corrected chi connectivity index (χ1v) is 5.14. The number of rotatable bonds is 2. The van der Waals surface area contributed by atoms with E-state index in [2.05, 4.69) is 4.98 Å². The maximum absolute atomic E-state index is 13.0. The minimum atomic E-state index is -0.227. The van der Waals surface area contributed by atoms with E-state index < -0.39 is 0 Å². The summed E-state index contributed by atoms with van der Waals surface area (Å²) < 4.78 is 13.0. The number of hydrogen-bond donors (Lipinski definition) is 0. The molecular formula is C14H12FN. The second-order valence-electron chi connectivity index (χ2n) is 3.48. The van der Waals surface area contributed by atoms with E-state index in [0.717, 1.165) is 16.8 Å². The van der Waals surface area contributed by atoms with Gasteiger partial charge in [-0.1, -0.05) is 24.3 Å². The lowest BCUT2D eigenvalue weighted by atomic mass is 10.1. The van der Waals surface area contributed by atoms with Gasteiger partial charge in [-0.3, -0.25) is 4.98 Å². The van der Waals surface area contributed by atoms with Crippen molar-refractivity contribution in [3.8, 4) is 11.1 Å². The van der Waals surface area contributed by atoms with Crippen LogP contribution in [0.25, 0.3) is 17.2 Å². The molecule has 0 spiro atoms. The third-order valence-corrected chi connectivity index (χ3v) is 2.28. The van der Waals surface area contributed by atoms with Gasteiger partial charge in [0.15, 0.2) is 0 Å². The van der Waals surface area contributed by atoms with Crippen molar-refractivity contribution in [2.24, 2.45) is 0 Å². The predicted molar refractivity (Wildman–Crippen MR) is 64.3 cm³/mol. The monoisotopic (exact) mass is 213 g/mol. The van der Waals surface area contributed by atoms with Crippen LogP contribution in [0.2, 0.25) is 0 Å². The van der Waals surface area contributed by atoms with Gasteiger partial charge in [-0.05, 0) is 36.8 Å². The van der Waals surface area contributed by atoms with Crippen molar-refractivity contribution in [3.63, 3.8) is 0 Å². The average molecular weight is 213 g/mol. The summed E-state index contributed by atoms with van der Waals surface area (Å²) in [7, 11) is 0. The van der Waals surface area contributed by atoms with Gasteiger partial charge < -0.3 is 0 Å². The maximum Gasteiger partial charge on any atom is 0.123 e. The summed E-state index contributed by atoms with van der Waals surface area (Å²) in [6.07, 6.45) is 5.61. The Hall–Kier alpha value is -1.96. The van der Waals surface area contributed by atoms with Gasteiger partial charge >= 0.3 is 0 Å². The number of aromatic nitrogens is 1. The fourth-order valence-corrected chi connectivity index (χ4v) is 1.51. The van der Waals surface area contributed by atoms with Gasteiger partial charge in [0.2, 0.25) is 0 Å². The second-order valence-corrected chi connectivity index (χ2v) is 3.48. The molecule has 0 amide bonds. The Morgan fingerprint density at radius 2 is 2.00 bits per heavy atom. The summed E-state index contributed by atoms with van der Waals surface area (Å²) in [6, 6.07) is 10.4. The van der Waals surface area contributed by atoms with Crippen LogP contribution in [0.1, 0.15) is 12.6 Å². The molecular weight excluding hydrogens is 201 g/mol. The zero-order valence-electron chi connectivity index (χ0n) is 9.02. The lowest BCUT2D eigenvalue weighted by molar-refractivity contribution is 0.628. The molecule has 0 aliphatic carbocycles. The average Bonchev–Trinajstić information content (AvgIpc) is 2.30. The lowest BCUT2D eigenvalue weighted by Gasteiger charge is -2.01. The first-order chi connectivity index (χ1) is 7.79. The quantitative estimate of drug-likeness (QED) is 0.736. The van der Waals surface area contributed by atoms with Gasteiger partial charge in [0.25, 0.3) is 0 Å². The smallest absolute Gasteiger partial charge is 0.123 e. The SMILES string of the molecule is C/C=C/c1ccc(-c2cccc(F)c2)cn1. The van der Waals surface area contributed by atoms with Crippen LogP contribution in [0, 0.1) is 5.82 Å². The third kappa shape index (κ3) is 2.34. The van der Waals surface area contributed by atoms with Crippen LogP contribution in [0.5, 0.6) is 0 Å². The highest BCUT2D eigenvalue weighted by Crippen LogP contribution is 2.19. The van der Waals surface area contributed by atoms with Crippen molar-refractivity contribution in [1.82, 2.24) is 4.98 Å². The normalized spacial score (nSPS) is 10.9. The standard InChI is InChI=1S/C14H12FN/c1-2-4-14-8-7-12(10-16-14)11-5-3-6-13(15)9-11/h2-10H,1H3/b4-2+. The van der Waals surface area contributed by atoms with Crippen LogP contribution in [0.4, 0.5) is 4.39 Å². The molecule has 0 bridgehead atoms. The Bertz CT molecular complexity index is 500. The molecule has 1 aromatic heterocycles. The van der Waals surface area contributed by atoms with Crippen LogP contribution in [-0.4, -0.2) is 4.98 Å². The van der Waals surface area contributed by atoms with E-state index in [9.17, 15) is 4.39 Å². The van der Waals surface area contributed by atoms with Crippen molar-refractivity contribution in [1.29, 1.82) is 0 Å². The molecule has 80 valence electrons. The highest BCUT2D eigenvalue weighted by Gasteiger charge is 1.99. The molecule has 1 heterocycles. The molecule has 0 atom stereocenters. The van der Waals surface area contributed by atoms with E-state index in [1.807, 2.05) is 37.3 Å². The van der Waals surface area contributed by atoms with Gasteiger partial charge in [0.05, 0.1) is 5.69 Å². The van der Waals surface area contributed by atoms with Gasteiger partial charge in [-0.15, -0.1) is 0 Å². The van der Waals surface area contributed by atoms with E-state index >= 15 is 0 Å². The number of halogens is 1. The zero-order chi connectivity index (χ0) is 11.4. The summed E-state index contributed by atoms with van der Waals surface area (Å²) in [5, 5.41) is 0.